The number of hydrogen-bond donors (Lipinski definition) is 2. The largest absolute Gasteiger partial charge is 0.326 e. The summed E-state index contributed by atoms with van der Waals surface area (Å²) in [5.41, 5.74) is 1.24. The van der Waals surface area contributed by atoms with Crippen LogP contribution in [0, 0.1) is 5.82 Å². The Morgan fingerprint density at radius 3 is 2.31 bits per heavy atom. The fraction of sp³-hybridized carbons (Fsp3) is 0.421. The van der Waals surface area contributed by atoms with E-state index in [0.717, 1.165) is 5.69 Å². The lowest BCUT2D eigenvalue weighted by Crippen LogP contribution is -2.26. The lowest BCUT2D eigenvalue weighted by molar-refractivity contribution is -0.114. The lowest BCUT2D eigenvalue weighted by Gasteiger charge is -2.23. The second-order valence-corrected chi connectivity index (χ2v) is 7.52. The number of nitrogens with zero attached hydrogens (tertiary/aromatic N) is 2. The molecule has 0 aliphatic carbocycles. The maximum absolute atomic E-state index is 14.0. The van der Waals surface area contributed by atoms with Crippen molar-refractivity contribution < 1.29 is 14.0 Å². The third-order valence-electron chi connectivity index (χ3n) is 3.73. The summed E-state index contributed by atoms with van der Waals surface area (Å²) in [6.45, 7) is 11.4. The third kappa shape index (κ3) is 4.47. The second kappa shape index (κ2) is 7.27. The molecule has 6 nitrogen and oxygen atoms in total. The maximum atomic E-state index is 14.0. The molecule has 1 aromatic carbocycles. The molecule has 140 valence electrons. The summed E-state index contributed by atoms with van der Waals surface area (Å²) < 4.78 is 15.8. The molecule has 0 spiro atoms. The van der Waals surface area contributed by atoms with Crippen molar-refractivity contribution in [2.45, 2.75) is 53.0 Å². The molecule has 1 heterocycles. The van der Waals surface area contributed by atoms with Gasteiger partial charge in [0.15, 0.2) is 5.69 Å². The van der Waals surface area contributed by atoms with Crippen LogP contribution in [0.25, 0.3) is 0 Å². The van der Waals surface area contributed by atoms with Crippen LogP contribution in [-0.2, 0) is 10.3 Å². The first kappa shape index (κ1) is 19.6. The van der Waals surface area contributed by atoms with Crippen molar-refractivity contribution >= 4 is 23.2 Å². The van der Waals surface area contributed by atoms with Crippen LogP contribution in [0.5, 0.6) is 0 Å². The normalized spacial score (nSPS) is 11.5. The predicted octanol–water partition coefficient (Wildman–Crippen LogP) is 4.11. The summed E-state index contributed by atoms with van der Waals surface area (Å²) in [5, 5.41) is 9.50. The summed E-state index contributed by atoms with van der Waals surface area (Å²) >= 11 is 0. The second-order valence-electron chi connectivity index (χ2n) is 7.52. The molecule has 7 heteroatoms. The van der Waals surface area contributed by atoms with Crippen molar-refractivity contribution in [3.05, 3.63) is 41.5 Å². The molecule has 0 aliphatic rings. The number of rotatable bonds is 4. The molecule has 0 fully saturated rings. The van der Waals surface area contributed by atoms with Gasteiger partial charge in [-0.2, -0.15) is 5.10 Å². The molecule has 26 heavy (non-hydrogen) atoms. The van der Waals surface area contributed by atoms with Crippen LogP contribution in [0.2, 0.25) is 0 Å². The number of anilines is 2. The van der Waals surface area contributed by atoms with E-state index in [1.165, 1.54) is 25.1 Å². The van der Waals surface area contributed by atoms with Crippen molar-refractivity contribution in [3.63, 3.8) is 0 Å². The average Bonchev–Trinajstić information content (AvgIpc) is 2.96. The van der Waals surface area contributed by atoms with Crippen molar-refractivity contribution in [3.8, 4) is 0 Å². The van der Waals surface area contributed by atoms with E-state index in [2.05, 4.69) is 15.7 Å². The van der Waals surface area contributed by atoms with E-state index >= 15 is 0 Å². The molecule has 0 unspecified atom stereocenters. The monoisotopic (exact) mass is 360 g/mol. The Balaban J connectivity index is 2.32. The molecular formula is C19H25FN4O2. The lowest BCUT2D eigenvalue weighted by atomic mass is 10.1. The molecule has 2 amide bonds. The number of hydrogen-bond acceptors (Lipinski definition) is 3. The fourth-order valence-electron chi connectivity index (χ4n) is 2.54. The molecule has 2 rings (SSSR count). The number of amides is 2. The Labute approximate surface area is 152 Å². The molecule has 0 aliphatic heterocycles. The van der Waals surface area contributed by atoms with Gasteiger partial charge in [0.2, 0.25) is 5.91 Å². The summed E-state index contributed by atoms with van der Waals surface area (Å²) in [5.74, 6) is -1.19. The highest BCUT2D eigenvalue weighted by molar-refractivity contribution is 6.03. The first-order valence-corrected chi connectivity index (χ1v) is 8.48. The van der Waals surface area contributed by atoms with E-state index in [4.69, 9.17) is 0 Å². The summed E-state index contributed by atoms with van der Waals surface area (Å²) in [7, 11) is 0. The predicted molar refractivity (Wildman–Crippen MR) is 100.0 cm³/mol. The van der Waals surface area contributed by atoms with Crippen LogP contribution in [0.4, 0.5) is 15.8 Å². The zero-order valence-electron chi connectivity index (χ0n) is 16.0. The Bertz CT molecular complexity index is 835. The smallest absolute Gasteiger partial charge is 0.276 e. The van der Waals surface area contributed by atoms with Crippen molar-refractivity contribution in [1.82, 2.24) is 9.78 Å². The Morgan fingerprint density at radius 2 is 1.81 bits per heavy atom. The minimum atomic E-state index is -0.591. The fourth-order valence-corrected chi connectivity index (χ4v) is 2.54. The van der Waals surface area contributed by atoms with Gasteiger partial charge < -0.3 is 10.6 Å². The van der Waals surface area contributed by atoms with E-state index in [9.17, 15) is 14.0 Å². The summed E-state index contributed by atoms with van der Waals surface area (Å²) in [4.78, 5) is 23.7. The highest BCUT2D eigenvalue weighted by Crippen LogP contribution is 2.25. The van der Waals surface area contributed by atoms with E-state index in [-0.39, 0.29) is 28.7 Å². The third-order valence-corrected chi connectivity index (χ3v) is 3.73. The van der Waals surface area contributed by atoms with Gasteiger partial charge in [-0.05, 0) is 51.0 Å². The maximum Gasteiger partial charge on any atom is 0.276 e. The van der Waals surface area contributed by atoms with E-state index < -0.39 is 11.7 Å². The van der Waals surface area contributed by atoms with Gasteiger partial charge in [0, 0.05) is 18.3 Å². The Hall–Kier alpha value is -2.70. The van der Waals surface area contributed by atoms with Crippen molar-refractivity contribution in [2.75, 3.05) is 10.6 Å². The first-order chi connectivity index (χ1) is 12.0. The van der Waals surface area contributed by atoms with Gasteiger partial charge in [0.1, 0.15) is 5.82 Å². The van der Waals surface area contributed by atoms with Gasteiger partial charge >= 0.3 is 0 Å². The zero-order valence-corrected chi connectivity index (χ0v) is 16.0. The molecular weight excluding hydrogens is 335 g/mol. The molecule has 0 bridgehead atoms. The van der Waals surface area contributed by atoms with Gasteiger partial charge in [-0.3, -0.25) is 14.3 Å². The number of halogens is 1. The minimum Gasteiger partial charge on any atom is -0.326 e. The van der Waals surface area contributed by atoms with Crippen LogP contribution in [0.15, 0.2) is 24.3 Å². The van der Waals surface area contributed by atoms with E-state index in [0.29, 0.717) is 5.69 Å². The zero-order chi connectivity index (χ0) is 19.6. The van der Waals surface area contributed by atoms with Crippen molar-refractivity contribution in [2.24, 2.45) is 0 Å². The topological polar surface area (TPSA) is 76.0 Å². The van der Waals surface area contributed by atoms with Crippen molar-refractivity contribution in [1.29, 1.82) is 0 Å². The van der Waals surface area contributed by atoms with Crippen LogP contribution >= 0.6 is 0 Å². The molecule has 0 saturated heterocycles. The number of aromatic nitrogens is 2. The van der Waals surface area contributed by atoms with Gasteiger partial charge in [0.05, 0.1) is 11.2 Å². The Morgan fingerprint density at radius 1 is 1.15 bits per heavy atom. The average molecular weight is 360 g/mol. The SMILES string of the molecule is CC(=O)Nc1ccc(F)c(NC(=O)c2cc(C(C)C)n(C(C)(C)C)n2)c1. The standard InChI is InChI=1S/C19H25FN4O2/c1-11(2)17-10-16(23-24(17)19(4,5)6)18(26)22-15-9-13(21-12(3)25)7-8-14(15)20/h7-11H,1-6H3,(H,21,25)(H,22,26). The van der Waals surface area contributed by atoms with Gasteiger partial charge in [0.25, 0.3) is 5.91 Å². The van der Waals surface area contributed by atoms with E-state index in [1.807, 2.05) is 39.3 Å². The molecule has 2 N–H and O–H groups in total. The van der Waals surface area contributed by atoms with E-state index in [1.54, 1.807) is 6.07 Å². The minimum absolute atomic E-state index is 0.0161. The molecule has 0 radical (unpaired) electrons. The Kier molecular flexibility index (Phi) is 5.49. The number of carbonyl (C=O) groups is 2. The van der Waals surface area contributed by atoms with Gasteiger partial charge in [-0.25, -0.2) is 4.39 Å². The first-order valence-electron chi connectivity index (χ1n) is 8.48. The molecule has 0 saturated carbocycles. The quantitative estimate of drug-likeness (QED) is 0.861. The molecule has 1 aromatic heterocycles. The molecule has 0 atom stereocenters. The summed E-state index contributed by atoms with van der Waals surface area (Å²) in [6.07, 6.45) is 0. The van der Waals surface area contributed by atoms with Crippen LogP contribution < -0.4 is 10.6 Å². The van der Waals surface area contributed by atoms with Gasteiger partial charge in [-0.1, -0.05) is 13.8 Å². The number of benzene rings is 1. The number of carbonyl (C=O) groups excluding carboxylic acids is 2. The van der Waals surface area contributed by atoms with Crippen LogP contribution in [0.3, 0.4) is 0 Å². The number of nitrogens with one attached hydrogen (secondary N) is 2. The highest BCUT2D eigenvalue weighted by Gasteiger charge is 2.24. The highest BCUT2D eigenvalue weighted by atomic mass is 19.1. The molecule has 2 aromatic rings. The van der Waals surface area contributed by atoms with Crippen LogP contribution in [0.1, 0.15) is 63.6 Å². The van der Waals surface area contributed by atoms with Gasteiger partial charge in [-0.15, -0.1) is 0 Å². The van der Waals surface area contributed by atoms with Crippen LogP contribution in [-0.4, -0.2) is 21.6 Å². The summed E-state index contributed by atoms with van der Waals surface area (Å²) in [6, 6.07) is 5.71.